The summed E-state index contributed by atoms with van der Waals surface area (Å²) in [4.78, 5) is 30.1. The Morgan fingerprint density at radius 2 is 1.91 bits per heavy atom. The van der Waals surface area contributed by atoms with Crippen molar-refractivity contribution < 1.29 is 27.8 Å². The molecule has 2 heterocycles. The van der Waals surface area contributed by atoms with Gasteiger partial charge in [-0.2, -0.15) is 0 Å². The first kappa shape index (κ1) is 25.3. The summed E-state index contributed by atoms with van der Waals surface area (Å²) in [6.45, 7) is 1.29. The van der Waals surface area contributed by atoms with Crippen LogP contribution in [0.5, 0.6) is 5.75 Å². The summed E-state index contributed by atoms with van der Waals surface area (Å²) in [5.41, 5.74) is 0.369. The van der Waals surface area contributed by atoms with Crippen LogP contribution in [-0.2, 0) is 22.8 Å². The highest BCUT2D eigenvalue weighted by molar-refractivity contribution is 7.90. The highest BCUT2D eigenvalue weighted by Crippen LogP contribution is 2.26. The molecule has 0 aliphatic carbocycles. The second-order valence-electron chi connectivity index (χ2n) is 8.24. The number of hydrogen-bond donors (Lipinski definition) is 3. The zero-order valence-corrected chi connectivity index (χ0v) is 19.6. The molecule has 0 bridgehead atoms. The number of aryl methyl sites for hydroxylation is 1. The minimum Gasteiger partial charge on any atom is -0.505 e. The minimum atomic E-state index is -3.28. The van der Waals surface area contributed by atoms with Gasteiger partial charge in [-0.05, 0) is 49.1 Å². The molecular formula is C23H26FN3O6S. The molecule has 9 nitrogen and oxygen atoms in total. The molecule has 3 N–H and O–H groups in total. The van der Waals surface area contributed by atoms with E-state index in [2.05, 4.69) is 10.3 Å². The average molecular weight is 492 g/mol. The summed E-state index contributed by atoms with van der Waals surface area (Å²) in [6.07, 6.45) is 2.18. The van der Waals surface area contributed by atoms with Crippen molar-refractivity contribution in [2.45, 2.75) is 32.4 Å². The van der Waals surface area contributed by atoms with Crippen LogP contribution in [0.25, 0.3) is 11.0 Å². The predicted octanol–water partition coefficient (Wildman–Crippen LogP) is 1.38. The standard InChI is InChI=1S/C23H26FN3O6S/c1-14(28)12-26-22(30)19-21(29)20-18(27(23(19)31)8-3-9-34(2,32)33)11-16(13-25-20)10-15-4-6-17(24)7-5-15/h4-7,11,13-14,28-29H,3,8-10,12H2,1-2H3,(H,26,30). The molecule has 0 spiro atoms. The van der Waals surface area contributed by atoms with E-state index >= 15 is 0 Å². The maximum absolute atomic E-state index is 13.2. The average Bonchev–Trinajstić information content (AvgIpc) is 2.75. The van der Waals surface area contributed by atoms with Crippen LogP contribution in [0.3, 0.4) is 0 Å². The number of hydrogen-bond acceptors (Lipinski definition) is 7. The van der Waals surface area contributed by atoms with Crippen LogP contribution in [0.15, 0.2) is 41.3 Å². The van der Waals surface area contributed by atoms with Crippen LogP contribution in [-0.4, -0.2) is 58.7 Å². The quantitative estimate of drug-likeness (QED) is 0.411. The number of aliphatic hydroxyl groups is 1. The van der Waals surface area contributed by atoms with Crippen molar-refractivity contribution in [3.63, 3.8) is 0 Å². The van der Waals surface area contributed by atoms with Crippen molar-refractivity contribution in [3.05, 3.63) is 69.4 Å². The van der Waals surface area contributed by atoms with Crippen LogP contribution < -0.4 is 10.9 Å². The van der Waals surface area contributed by atoms with Gasteiger partial charge < -0.3 is 20.1 Å². The van der Waals surface area contributed by atoms with Gasteiger partial charge in [-0.1, -0.05) is 12.1 Å². The summed E-state index contributed by atoms with van der Waals surface area (Å²) in [5.74, 6) is -2.02. The lowest BCUT2D eigenvalue weighted by Crippen LogP contribution is -2.36. The predicted molar refractivity (Wildman–Crippen MR) is 125 cm³/mol. The molecule has 0 saturated carbocycles. The molecule has 0 aliphatic rings. The van der Waals surface area contributed by atoms with Crippen LogP contribution in [0.4, 0.5) is 4.39 Å². The van der Waals surface area contributed by atoms with Gasteiger partial charge in [-0.3, -0.25) is 14.6 Å². The fraction of sp³-hybridized carbons (Fsp3) is 0.348. The van der Waals surface area contributed by atoms with Gasteiger partial charge in [0.15, 0.2) is 5.75 Å². The van der Waals surface area contributed by atoms with E-state index in [1.807, 2.05) is 0 Å². The van der Waals surface area contributed by atoms with E-state index in [0.717, 1.165) is 11.8 Å². The van der Waals surface area contributed by atoms with Crippen molar-refractivity contribution in [2.75, 3.05) is 18.6 Å². The number of carbonyl (C=O) groups excluding carboxylic acids is 1. The van der Waals surface area contributed by atoms with Crippen LogP contribution in [0.1, 0.15) is 34.8 Å². The number of aliphatic hydroxyl groups excluding tert-OH is 1. The number of fused-ring (bicyclic) bond motifs is 1. The Balaban J connectivity index is 2.10. The fourth-order valence-electron chi connectivity index (χ4n) is 3.52. The molecule has 1 aromatic carbocycles. The number of amides is 1. The van der Waals surface area contributed by atoms with E-state index in [9.17, 15) is 32.6 Å². The van der Waals surface area contributed by atoms with Gasteiger partial charge in [0.05, 0.1) is 17.4 Å². The zero-order chi connectivity index (χ0) is 25.0. The number of pyridine rings is 2. The second-order valence-corrected chi connectivity index (χ2v) is 10.5. The van der Waals surface area contributed by atoms with Crippen molar-refractivity contribution in [3.8, 4) is 5.75 Å². The SMILES string of the molecule is CC(O)CNC(=O)c1c(O)c2ncc(Cc3ccc(F)cc3)cc2n(CCCS(C)(=O)=O)c1=O. The second kappa shape index (κ2) is 10.3. The fourth-order valence-corrected chi connectivity index (χ4v) is 4.18. The van der Waals surface area contributed by atoms with Gasteiger partial charge in [0, 0.05) is 25.5 Å². The van der Waals surface area contributed by atoms with Crippen molar-refractivity contribution in [1.29, 1.82) is 0 Å². The largest absolute Gasteiger partial charge is 0.505 e. The normalized spacial score (nSPS) is 12.6. The Hall–Kier alpha value is -3.31. The third-order valence-electron chi connectivity index (χ3n) is 5.14. The number of aromatic hydroxyl groups is 1. The highest BCUT2D eigenvalue weighted by atomic mass is 32.2. The lowest BCUT2D eigenvalue weighted by Gasteiger charge is -2.16. The molecule has 2 aromatic heterocycles. The van der Waals surface area contributed by atoms with E-state index in [1.54, 1.807) is 18.2 Å². The molecule has 0 aliphatic heterocycles. The molecular weight excluding hydrogens is 465 g/mol. The Morgan fingerprint density at radius 3 is 2.53 bits per heavy atom. The van der Waals surface area contributed by atoms with E-state index in [0.29, 0.717) is 12.0 Å². The molecule has 1 unspecified atom stereocenters. The van der Waals surface area contributed by atoms with Gasteiger partial charge in [-0.25, -0.2) is 12.8 Å². The first-order chi connectivity index (χ1) is 16.0. The van der Waals surface area contributed by atoms with E-state index < -0.39 is 38.7 Å². The molecule has 0 fully saturated rings. The number of sulfone groups is 1. The Bertz CT molecular complexity index is 1370. The summed E-state index contributed by atoms with van der Waals surface area (Å²) in [7, 11) is -3.28. The van der Waals surface area contributed by atoms with Crippen molar-refractivity contribution in [1.82, 2.24) is 14.9 Å². The molecule has 1 atom stereocenters. The number of benzene rings is 1. The van der Waals surface area contributed by atoms with E-state index in [4.69, 9.17) is 0 Å². The van der Waals surface area contributed by atoms with Crippen LogP contribution >= 0.6 is 0 Å². The summed E-state index contributed by atoms with van der Waals surface area (Å²) in [6, 6.07) is 7.52. The third-order valence-corrected chi connectivity index (χ3v) is 6.17. The van der Waals surface area contributed by atoms with Crippen molar-refractivity contribution >= 4 is 26.8 Å². The van der Waals surface area contributed by atoms with Gasteiger partial charge in [0.25, 0.3) is 11.5 Å². The number of nitrogens with zero attached hydrogens (tertiary/aromatic N) is 2. The third kappa shape index (κ3) is 6.17. The number of rotatable bonds is 9. The summed E-state index contributed by atoms with van der Waals surface area (Å²) < 4.78 is 37.6. The number of carbonyl (C=O) groups is 1. The monoisotopic (exact) mass is 491 g/mol. The first-order valence-electron chi connectivity index (χ1n) is 10.6. The van der Waals surface area contributed by atoms with Gasteiger partial charge in [-0.15, -0.1) is 0 Å². The molecule has 0 saturated heterocycles. The molecule has 34 heavy (non-hydrogen) atoms. The van der Waals surface area contributed by atoms with Gasteiger partial charge >= 0.3 is 0 Å². The molecule has 3 aromatic rings. The number of halogens is 1. The zero-order valence-electron chi connectivity index (χ0n) is 18.8. The number of nitrogens with one attached hydrogen (secondary N) is 1. The molecule has 0 radical (unpaired) electrons. The highest BCUT2D eigenvalue weighted by Gasteiger charge is 2.23. The van der Waals surface area contributed by atoms with Crippen molar-refractivity contribution in [2.24, 2.45) is 0 Å². The maximum Gasteiger partial charge on any atom is 0.267 e. The molecule has 3 rings (SSSR count). The smallest absolute Gasteiger partial charge is 0.267 e. The molecule has 1 amide bonds. The summed E-state index contributed by atoms with van der Waals surface area (Å²) >= 11 is 0. The topological polar surface area (TPSA) is 139 Å². The number of aromatic nitrogens is 2. The molecule has 11 heteroatoms. The maximum atomic E-state index is 13.2. The lowest BCUT2D eigenvalue weighted by molar-refractivity contribution is 0.0919. The van der Waals surface area contributed by atoms with Crippen LogP contribution in [0.2, 0.25) is 0 Å². The molecule has 182 valence electrons. The van der Waals surface area contributed by atoms with Gasteiger partial charge in [0.2, 0.25) is 0 Å². The van der Waals surface area contributed by atoms with E-state index in [1.165, 1.54) is 29.8 Å². The van der Waals surface area contributed by atoms with Crippen LogP contribution in [0, 0.1) is 5.82 Å². The lowest BCUT2D eigenvalue weighted by atomic mass is 10.1. The van der Waals surface area contributed by atoms with Gasteiger partial charge in [0.1, 0.15) is 26.7 Å². The van der Waals surface area contributed by atoms with E-state index in [-0.39, 0.29) is 42.1 Å². The Kier molecular flexibility index (Phi) is 7.68. The Labute approximate surface area is 195 Å². The first-order valence-corrected chi connectivity index (χ1v) is 12.6. The minimum absolute atomic E-state index is 0.00371. The summed E-state index contributed by atoms with van der Waals surface area (Å²) in [5, 5.41) is 22.5. The Morgan fingerprint density at radius 1 is 1.24 bits per heavy atom.